The fourth-order valence-corrected chi connectivity index (χ4v) is 4.78. The molecule has 6 nitrogen and oxygen atoms in total. The van der Waals surface area contributed by atoms with E-state index in [-0.39, 0.29) is 23.9 Å². The number of fused-ring (bicyclic) bond motifs is 3. The van der Waals surface area contributed by atoms with E-state index >= 15 is 0 Å². The van der Waals surface area contributed by atoms with Gasteiger partial charge in [0.25, 0.3) is 11.8 Å². The number of pyridine rings is 1. The Hall–Kier alpha value is -2.93. The Labute approximate surface area is 160 Å². The molecule has 0 aliphatic carbocycles. The van der Waals surface area contributed by atoms with Crippen LogP contribution >= 0.6 is 11.3 Å². The Bertz CT molecular complexity index is 983. The van der Waals surface area contributed by atoms with E-state index in [1.807, 2.05) is 68.4 Å². The number of amides is 2. The smallest absolute Gasteiger partial charge is 0.271 e. The fourth-order valence-electron chi connectivity index (χ4n) is 4.09. The monoisotopic (exact) mass is 378 g/mol. The van der Waals surface area contributed by atoms with Gasteiger partial charge in [-0.1, -0.05) is 12.1 Å². The van der Waals surface area contributed by atoms with Crippen LogP contribution in [0.2, 0.25) is 0 Å². The normalized spacial score (nSPS) is 21.3. The lowest BCUT2D eigenvalue weighted by atomic mass is 10.1. The fraction of sp³-hybridized carbons (Fsp3) is 0.250. The summed E-state index contributed by atoms with van der Waals surface area (Å²) in [6.45, 7) is 1.60. The Morgan fingerprint density at radius 1 is 1.11 bits per heavy atom. The van der Waals surface area contributed by atoms with Crippen molar-refractivity contribution in [3.63, 3.8) is 0 Å². The van der Waals surface area contributed by atoms with Crippen molar-refractivity contribution in [3.05, 3.63) is 76.5 Å². The van der Waals surface area contributed by atoms with Gasteiger partial charge in [0.15, 0.2) is 0 Å². The first-order valence-electron chi connectivity index (χ1n) is 8.93. The summed E-state index contributed by atoms with van der Waals surface area (Å²) in [6, 6.07) is 13.2. The van der Waals surface area contributed by atoms with E-state index in [1.165, 1.54) is 11.3 Å². The lowest BCUT2D eigenvalue weighted by Gasteiger charge is -2.37. The molecule has 1 saturated heterocycles. The second kappa shape index (κ2) is 6.35. The van der Waals surface area contributed by atoms with E-state index in [1.54, 1.807) is 6.20 Å². The largest absolute Gasteiger partial charge is 0.337 e. The molecule has 0 N–H and O–H groups in total. The number of rotatable bonds is 3. The minimum absolute atomic E-state index is 0.00248. The first-order valence-corrected chi connectivity index (χ1v) is 9.81. The maximum absolute atomic E-state index is 13.1. The predicted octanol–water partition coefficient (Wildman–Crippen LogP) is 2.67. The van der Waals surface area contributed by atoms with Gasteiger partial charge in [-0.05, 0) is 35.7 Å². The molecule has 0 unspecified atom stereocenters. The number of carbonyl (C=O) groups is 2. The Morgan fingerprint density at radius 3 is 2.78 bits per heavy atom. The van der Waals surface area contributed by atoms with Crippen molar-refractivity contribution in [3.8, 4) is 0 Å². The van der Waals surface area contributed by atoms with Crippen molar-refractivity contribution < 1.29 is 9.59 Å². The quantitative estimate of drug-likeness (QED) is 0.704. The molecule has 0 radical (unpaired) electrons. The molecular formula is C20H18N4O2S. The summed E-state index contributed by atoms with van der Waals surface area (Å²) in [4.78, 5) is 34.8. The standard InChI is InChI=1S/C20H18N4O2S/c25-19-15-6-3-9-23(15)16-12-22(20(26)18-7-4-10-27-18)13-17(16)24(19)11-14-5-1-2-8-21-14/h1-10,16-17H,11-13H2/t16-,17+/m0/s1. The van der Waals surface area contributed by atoms with Gasteiger partial charge in [0.2, 0.25) is 0 Å². The summed E-state index contributed by atoms with van der Waals surface area (Å²) in [5.74, 6) is 0.0377. The molecule has 1 fully saturated rings. The molecule has 0 spiro atoms. The van der Waals surface area contributed by atoms with Crippen LogP contribution in [0, 0.1) is 0 Å². The SMILES string of the molecule is O=C(c1cccs1)N1C[C@@H]2[C@H](C1)n1cccc1C(=O)N2Cc1ccccn1. The van der Waals surface area contributed by atoms with Crippen LogP contribution in [-0.4, -0.2) is 50.3 Å². The van der Waals surface area contributed by atoms with Crippen LogP contribution in [0.25, 0.3) is 0 Å². The van der Waals surface area contributed by atoms with E-state index in [9.17, 15) is 9.59 Å². The third-order valence-electron chi connectivity index (χ3n) is 5.35. The molecule has 136 valence electrons. The van der Waals surface area contributed by atoms with E-state index < -0.39 is 0 Å². The van der Waals surface area contributed by atoms with E-state index in [4.69, 9.17) is 0 Å². The molecular weight excluding hydrogens is 360 g/mol. The van der Waals surface area contributed by atoms with Crippen LogP contribution in [0.4, 0.5) is 0 Å². The molecule has 2 aliphatic rings. The highest BCUT2D eigenvalue weighted by molar-refractivity contribution is 7.12. The predicted molar refractivity (Wildman–Crippen MR) is 102 cm³/mol. The maximum atomic E-state index is 13.1. The summed E-state index contributed by atoms with van der Waals surface area (Å²) in [5.41, 5.74) is 1.53. The van der Waals surface area contributed by atoms with Gasteiger partial charge in [-0.15, -0.1) is 11.3 Å². The van der Waals surface area contributed by atoms with Gasteiger partial charge in [0, 0.05) is 25.5 Å². The third kappa shape index (κ3) is 2.66. The van der Waals surface area contributed by atoms with Crippen molar-refractivity contribution >= 4 is 23.2 Å². The molecule has 3 aromatic rings. The molecule has 2 amide bonds. The van der Waals surface area contributed by atoms with Gasteiger partial charge in [-0.25, -0.2) is 0 Å². The summed E-state index contributed by atoms with van der Waals surface area (Å²) in [5, 5.41) is 1.91. The van der Waals surface area contributed by atoms with Gasteiger partial charge in [0.1, 0.15) is 5.69 Å². The van der Waals surface area contributed by atoms with Crippen molar-refractivity contribution in [1.29, 1.82) is 0 Å². The third-order valence-corrected chi connectivity index (χ3v) is 6.21. The molecule has 7 heteroatoms. The molecule has 2 aliphatic heterocycles. The summed E-state index contributed by atoms with van der Waals surface area (Å²) in [6.07, 6.45) is 3.69. The molecule has 27 heavy (non-hydrogen) atoms. The second-order valence-electron chi connectivity index (χ2n) is 6.88. The van der Waals surface area contributed by atoms with Crippen molar-refractivity contribution in [2.45, 2.75) is 18.6 Å². The van der Waals surface area contributed by atoms with Crippen molar-refractivity contribution in [2.75, 3.05) is 13.1 Å². The average Bonchev–Trinajstić information content (AvgIpc) is 3.45. The lowest BCUT2D eigenvalue weighted by Crippen LogP contribution is -2.50. The molecule has 2 atom stereocenters. The number of likely N-dealkylation sites (tertiary alicyclic amines) is 1. The Kier molecular flexibility index (Phi) is 3.82. The summed E-state index contributed by atoms with van der Waals surface area (Å²) in [7, 11) is 0. The van der Waals surface area contributed by atoms with Gasteiger partial charge in [0.05, 0.1) is 29.2 Å². The van der Waals surface area contributed by atoms with E-state index in [2.05, 4.69) is 4.98 Å². The Morgan fingerprint density at radius 2 is 2.00 bits per heavy atom. The average molecular weight is 378 g/mol. The summed E-state index contributed by atoms with van der Waals surface area (Å²) >= 11 is 1.45. The van der Waals surface area contributed by atoms with Gasteiger partial charge >= 0.3 is 0 Å². The van der Waals surface area contributed by atoms with E-state index in [0.717, 1.165) is 10.6 Å². The first-order chi connectivity index (χ1) is 13.2. The molecule has 5 heterocycles. The highest BCUT2D eigenvalue weighted by atomic mass is 32.1. The van der Waals surface area contributed by atoms with Crippen LogP contribution in [0.1, 0.15) is 31.9 Å². The van der Waals surface area contributed by atoms with Gasteiger partial charge < -0.3 is 14.4 Å². The number of thiophene rings is 1. The highest BCUT2D eigenvalue weighted by Gasteiger charge is 2.46. The molecule has 0 aromatic carbocycles. The molecule has 0 saturated carbocycles. The first kappa shape index (κ1) is 16.3. The second-order valence-corrected chi connectivity index (χ2v) is 7.82. The van der Waals surface area contributed by atoms with Crippen LogP contribution in [0.5, 0.6) is 0 Å². The topological polar surface area (TPSA) is 58.4 Å². The van der Waals surface area contributed by atoms with Gasteiger partial charge in [-0.3, -0.25) is 14.6 Å². The number of nitrogens with zero attached hydrogens (tertiary/aromatic N) is 4. The molecule has 0 bridgehead atoms. The maximum Gasteiger partial charge on any atom is 0.271 e. The van der Waals surface area contributed by atoms with Gasteiger partial charge in [-0.2, -0.15) is 0 Å². The van der Waals surface area contributed by atoms with Crippen LogP contribution in [0.3, 0.4) is 0 Å². The minimum Gasteiger partial charge on any atom is -0.337 e. The van der Waals surface area contributed by atoms with Crippen LogP contribution in [-0.2, 0) is 6.54 Å². The Balaban J connectivity index is 1.48. The summed E-state index contributed by atoms with van der Waals surface area (Å²) < 4.78 is 2.03. The zero-order chi connectivity index (χ0) is 18.4. The van der Waals surface area contributed by atoms with E-state index in [0.29, 0.717) is 25.3 Å². The van der Waals surface area contributed by atoms with Crippen LogP contribution in [0.15, 0.2) is 60.2 Å². The lowest BCUT2D eigenvalue weighted by molar-refractivity contribution is 0.0547. The highest BCUT2D eigenvalue weighted by Crippen LogP contribution is 2.35. The number of carbonyl (C=O) groups excluding carboxylic acids is 2. The van der Waals surface area contributed by atoms with Crippen LogP contribution < -0.4 is 0 Å². The van der Waals surface area contributed by atoms with Crippen molar-refractivity contribution in [1.82, 2.24) is 19.4 Å². The molecule has 5 rings (SSSR count). The number of aromatic nitrogens is 2. The number of hydrogen-bond donors (Lipinski definition) is 0. The number of hydrogen-bond acceptors (Lipinski definition) is 4. The zero-order valence-electron chi connectivity index (χ0n) is 14.6. The van der Waals surface area contributed by atoms with Crippen molar-refractivity contribution in [2.24, 2.45) is 0 Å². The minimum atomic E-state index is -0.0525. The molecule has 3 aromatic heterocycles. The zero-order valence-corrected chi connectivity index (χ0v) is 15.4.